The van der Waals surface area contributed by atoms with Gasteiger partial charge in [-0.1, -0.05) is 15.9 Å². The molecule has 0 spiro atoms. The second-order valence-corrected chi connectivity index (χ2v) is 5.53. The Balaban J connectivity index is 2.05. The lowest BCUT2D eigenvalue weighted by Gasteiger charge is -1.98. The Morgan fingerprint density at radius 2 is 2.20 bits per heavy atom. The summed E-state index contributed by atoms with van der Waals surface area (Å²) in [4.78, 5) is 0. The van der Waals surface area contributed by atoms with Gasteiger partial charge in [-0.25, -0.2) is 0 Å². The van der Waals surface area contributed by atoms with E-state index in [4.69, 9.17) is 4.74 Å². The third kappa shape index (κ3) is 2.36. The van der Waals surface area contributed by atoms with Crippen LogP contribution >= 0.6 is 15.9 Å². The highest BCUT2D eigenvalue weighted by Gasteiger charge is 2.12. The maximum absolute atomic E-state index is 5.06. The smallest absolute Gasteiger partial charge is 0.103 e. The lowest BCUT2D eigenvalue weighted by Crippen LogP contribution is -2.03. The second kappa shape index (κ2) is 5.38. The number of fused-ring (bicyclic) bond motifs is 1. The molecule has 0 amide bonds. The van der Waals surface area contributed by atoms with E-state index >= 15 is 0 Å². The summed E-state index contributed by atoms with van der Waals surface area (Å²) in [5.74, 6) is 0. The zero-order valence-electron chi connectivity index (χ0n) is 11.4. The molecule has 5 nitrogen and oxygen atoms in total. The molecule has 0 fully saturated rings. The topological polar surface area (TPSA) is 44.9 Å². The van der Waals surface area contributed by atoms with E-state index < -0.39 is 0 Å². The molecule has 0 aliphatic heterocycles. The lowest BCUT2D eigenvalue weighted by molar-refractivity contribution is 0.183. The van der Waals surface area contributed by atoms with Crippen LogP contribution in [0.2, 0.25) is 0 Å². The van der Waals surface area contributed by atoms with Gasteiger partial charge in [-0.15, -0.1) is 0 Å². The molecule has 0 N–H and O–H groups in total. The Morgan fingerprint density at radius 1 is 1.35 bits per heavy atom. The molecule has 0 unspecified atom stereocenters. The van der Waals surface area contributed by atoms with Crippen LogP contribution in [-0.2, 0) is 18.3 Å². The number of benzene rings is 1. The van der Waals surface area contributed by atoms with Crippen LogP contribution in [0.15, 0.2) is 35.1 Å². The van der Waals surface area contributed by atoms with Gasteiger partial charge in [0, 0.05) is 35.8 Å². The molecular weight excluding hydrogens is 320 g/mol. The third-order valence-corrected chi connectivity index (χ3v) is 3.74. The number of nitrogens with zero attached hydrogens (tertiary/aromatic N) is 4. The van der Waals surface area contributed by atoms with Crippen LogP contribution < -0.4 is 0 Å². The summed E-state index contributed by atoms with van der Waals surface area (Å²) in [5.41, 5.74) is 3.07. The molecule has 2 heterocycles. The standard InChI is InChI=1S/C14H15BrN4O/c1-18-13-4-3-11(15)7-12(13)14(17-18)10-8-16-19(9-10)5-6-20-2/h3-4,7-9H,5-6H2,1-2H3. The monoisotopic (exact) mass is 334 g/mol. The number of hydrogen-bond donors (Lipinski definition) is 0. The molecule has 3 rings (SSSR count). The first kappa shape index (κ1) is 13.3. The first-order valence-corrected chi connectivity index (χ1v) is 7.12. The predicted octanol–water partition coefficient (Wildman–Crippen LogP) is 2.85. The molecule has 1 aromatic carbocycles. The van der Waals surface area contributed by atoms with Crippen LogP contribution in [0.4, 0.5) is 0 Å². The van der Waals surface area contributed by atoms with Crippen molar-refractivity contribution in [1.82, 2.24) is 19.6 Å². The zero-order valence-corrected chi connectivity index (χ0v) is 13.0. The molecule has 0 saturated carbocycles. The van der Waals surface area contributed by atoms with Crippen molar-refractivity contribution in [1.29, 1.82) is 0 Å². The molecule has 0 atom stereocenters. The van der Waals surface area contributed by atoms with Crippen molar-refractivity contribution in [3.05, 3.63) is 35.1 Å². The minimum atomic E-state index is 0.648. The van der Waals surface area contributed by atoms with Gasteiger partial charge in [0.05, 0.1) is 24.9 Å². The fourth-order valence-electron chi connectivity index (χ4n) is 2.24. The number of hydrogen-bond acceptors (Lipinski definition) is 3. The van der Waals surface area contributed by atoms with Gasteiger partial charge < -0.3 is 4.74 Å². The summed E-state index contributed by atoms with van der Waals surface area (Å²) in [5, 5.41) is 10.1. The van der Waals surface area contributed by atoms with E-state index in [1.807, 2.05) is 34.9 Å². The van der Waals surface area contributed by atoms with Crippen molar-refractivity contribution in [2.75, 3.05) is 13.7 Å². The van der Waals surface area contributed by atoms with Crippen LogP contribution in [0, 0.1) is 0 Å². The molecule has 0 aliphatic rings. The summed E-state index contributed by atoms with van der Waals surface area (Å²) in [7, 11) is 3.64. The van der Waals surface area contributed by atoms with E-state index in [0.717, 1.165) is 33.2 Å². The number of ether oxygens (including phenoxy) is 1. The fourth-order valence-corrected chi connectivity index (χ4v) is 2.61. The number of aromatic nitrogens is 4. The third-order valence-electron chi connectivity index (χ3n) is 3.24. The molecule has 6 heteroatoms. The number of aryl methyl sites for hydroxylation is 1. The van der Waals surface area contributed by atoms with Crippen molar-refractivity contribution >= 4 is 26.8 Å². The molecule has 104 valence electrons. The summed E-state index contributed by atoms with van der Waals surface area (Å²) in [6.07, 6.45) is 3.85. The van der Waals surface area contributed by atoms with Gasteiger partial charge in [0.2, 0.25) is 0 Å². The number of methoxy groups -OCH3 is 1. The highest BCUT2D eigenvalue weighted by molar-refractivity contribution is 9.10. The van der Waals surface area contributed by atoms with Gasteiger partial charge >= 0.3 is 0 Å². The minimum absolute atomic E-state index is 0.648. The van der Waals surface area contributed by atoms with Crippen molar-refractivity contribution in [3.8, 4) is 11.3 Å². The Labute approximate surface area is 125 Å². The second-order valence-electron chi connectivity index (χ2n) is 4.62. The summed E-state index contributed by atoms with van der Waals surface area (Å²) < 4.78 is 9.88. The predicted molar refractivity (Wildman–Crippen MR) is 81.5 cm³/mol. The first-order chi connectivity index (χ1) is 9.69. The van der Waals surface area contributed by atoms with Gasteiger partial charge in [-0.3, -0.25) is 9.36 Å². The summed E-state index contributed by atoms with van der Waals surface area (Å²) >= 11 is 3.51. The average molecular weight is 335 g/mol. The Morgan fingerprint density at radius 3 is 3.00 bits per heavy atom. The van der Waals surface area contributed by atoms with Crippen LogP contribution in [-0.4, -0.2) is 33.3 Å². The Kier molecular flexibility index (Phi) is 3.58. The van der Waals surface area contributed by atoms with Gasteiger partial charge in [0.15, 0.2) is 0 Å². The van der Waals surface area contributed by atoms with Crippen LogP contribution in [0.1, 0.15) is 0 Å². The Bertz CT molecular complexity index is 747. The normalized spacial score (nSPS) is 11.3. The number of rotatable bonds is 4. The molecule has 3 aromatic rings. The summed E-state index contributed by atoms with van der Waals surface area (Å²) in [6, 6.07) is 6.17. The Hall–Kier alpha value is -1.66. The molecular formula is C14H15BrN4O. The average Bonchev–Trinajstić information content (AvgIpc) is 3.01. The van der Waals surface area contributed by atoms with Gasteiger partial charge in [-0.05, 0) is 18.2 Å². The maximum Gasteiger partial charge on any atom is 0.103 e. The van der Waals surface area contributed by atoms with E-state index in [1.54, 1.807) is 7.11 Å². The SMILES string of the molecule is COCCn1cc(-c2nn(C)c3ccc(Br)cc23)cn1. The summed E-state index contributed by atoms with van der Waals surface area (Å²) in [6.45, 7) is 1.39. The van der Waals surface area contributed by atoms with Crippen LogP contribution in [0.3, 0.4) is 0 Å². The van der Waals surface area contributed by atoms with Crippen molar-refractivity contribution in [3.63, 3.8) is 0 Å². The van der Waals surface area contributed by atoms with Gasteiger partial charge in [0.1, 0.15) is 5.69 Å². The van der Waals surface area contributed by atoms with Crippen molar-refractivity contribution in [2.24, 2.45) is 7.05 Å². The van der Waals surface area contributed by atoms with Crippen LogP contribution in [0.5, 0.6) is 0 Å². The van der Waals surface area contributed by atoms with Crippen molar-refractivity contribution < 1.29 is 4.74 Å². The quantitative estimate of drug-likeness (QED) is 0.736. The van der Waals surface area contributed by atoms with E-state index in [1.165, 1.54) is 0 Å². The maximum atomic E-state index is 5.06. The highest BCUT2D eigenvalue weighted by atomic mass is 79.9. The molecule has 0 saturated heterocycles. The van der Waals surface area contributed by atoms with Gasteiger partial charge in [0.25, 0.3) is 0 Å². The van der Waals surface area contributed by atoms with E-state index in [-0.39, 0.29) is 0 Å². The van der Waals surface area contributed by atoms with Gasteiger partial charge in [-0.2, -0.15) is 10.2 Å². The van der Waals surface area contributed by atoms with Crippen LogP contribution in [0.25, 0.3) is 22.2 Å². The number of halogens is 1. The fraction of sp³-hybridized carbons (Fsp3) is 0.286. The van der Waals surface area contributed by atoms with E-state index in [0.29, 0.717) is 6.61 Å². The zero-order chi connectivity index (χ0) is 14.1. The van der Waals surface area contributed by atoms with E-state index in [9.17, 15) is 0 Å². The lowest BCUT2D eigenvalue weighted by atomic mass is 10.1. The van der Waals surface area contributed by atoms with E-state index in [2.05, 4.69) is 38.3 Å². The first-order valence-electron chi connectivity index (χ1n) is 6.33. The molecule has 2 aromatic heterocycles. The van der Waals surface area contributed by atoms with Crippen molar-refractivity contribution in [2.45, 2.75) is 6.54 Å². The minimum Gasteiger partial charge on any atom is -0.383 e. The molecule has 0 aliphatic carbocycles. The molecule has 20 heavy (non-hydrogen) atoms. The molecule has 0 bridgehead atoms. The largest absolute Gasteiger partial charge is 0.383 e. The molecule has 0 radical (unpaired) electrons. The highest BCUT2D eigenvalue weighted by Crippen LogP contribution is 2.29.